The first-order valence-electron chi connectivity index (χ1n) is 7.26. The third-order valence-electron chi connectivity index (χ3n) is 3.63. The van der Waals surface area contributed by atoms with Gasteiger partial charge in [0.15, 0.2) is 5.69 Å². The van der Waals surface area contributed by atoms with Crippen molar-refractivity contribution in [3.8, 4) is 17.0 Å². The summed E-state index contributed by atoms with van der Waals surface area (Å²) < 4.78 is 7.00. The minimum atomic E-state index is -1.04. The van der Waals surface area contributed by atoms with Crippen LogP contribution in [0.25, 0.3) is 16.9 Å². The van der Waals surface area contributed by atoms with Gasteiger partial charge in [-0.2, -0.15) is 0 Å². The van der Waals surface area contributed by atoms with E-state index in [0.29, 0.717) is 34.9 Å². The van der Waals surface area contributed by atoms with Gasteiger partial charge in [0, 0.05) is 11.8 Å². The number of carboxylic acid groups (broad SMARTS) is 1. The Hall–Kier alpha value is -3.02. The number of aryl methyl sites for hydroxylation is 1. The molecule has 0 bridgehead atoms. The van der Waals surface area contributed by atoms with Gasteiger partial charge in [0.25, 0.3) is 0 Å². The molecule has 6 nitrogen and oxygen atoms in total. The normalized spacial score (nSPS) is 10.9. The summed E-state index contributed by atoms with van der Waals surface area (Å²) in [5, 5.41) is 9.60. The molecule has 0 saturated carbocycles. The largest absolute Gasteiger partial charge is 0.492 e. The van der Waals surface area contributed by atoms with Crippen LogP contribution in [0.5, 0.6) is 5.75 Å². The molecule has 2 heterocycles. The van der Waals surface area contributed by atoms with Crippen LogP contribution < -0.4 is 10.5 Å². The predicted octanol–water partition coefficient (Wildman–Crippen LogP) is 2.99. The van der Waals surface area contributed by atoms with E-state index in [0.717, 1.165) is 5.56 Å². The second-order valence-electron chi connectivity index (χ2n) is 5.18. The van der Waals surface area contributed by atoms with Crippen molar-refractivity contribution in [1.82, 2.24) is 9.38 Å². The van der Waals surface area contributed by atoms with Gasteiger partial charge in [-0.25, -0.2) is 9.78 Å². The number of carboxylic acids is 1. The lowest BCUT2D eigenvalue weighted by Gasteiger charge is -2.08. The first-order chi connectivity index (χ1) is 11.0. The fourth-order valence-corrected chi connectivity index (χ4v) is 2.59. The summed E-state index contributed by atoms with van der Waals surface area (Å²) in [5.74, 6) is -0.460. The number of hydrogen-bond acceptors (Lipinski definition) is 4. The summed E-state index contributed by atoms with van der Waals surface area (Å²) in [5.41, 5.74) is 9.12. The highest BCUT2D eigenvalue weighted by Gasteiger charge is 2.21. The quantitative estimate of drug-likeness (QED) is 0.723. The second kappa shape index (κ2) is 5.64. The Labute approximate surface area is 133 Å². The minimum Gasteiger partial charge on any atom is -0.492 e. The van der Waals surface area contributed by atoms with E-state index in [2.05, 4.69) is 4.98 Å². The van der Waals surface area contributed by atoms with Crippen LogP contribution in [0.4, 0.5) is 5.69 Å². The summed E-state index contributed by atoms with van der Waals surface area (Å²) in [6.45, 7) is 4.28. The summed E-state index contributed by atoms with van der Waals surface area (Å²) in [6, 6.07) is 8.88. The fourth-order valence-electron chi connectivity index (χ4n) is 2.59. The number of pyridine rings is 1. The maximum atomic E-state index is 11.7. The van der Waals surface area contributed by atoms with Gasteiger partial charge in [-0.3, -0.25) is 4.40 Å². The zero-order chi connectivity index (χ0) is 16.6. The van der Waals surface area contributed by atoms with E-state index in [4.69, 9.17) is 10.5 Å². The molecule has 0 unspecified atom stereocenters. The molecule has 0 atom stereocenters. The highest BCUT2D eigenvalue weighted by Crippen LogP contribution is 2.31. The number of nitrogens with two attached hydrogens (primary N) is 1. The van der Waals surface area contributed by atoms with Crippen LogP contribution >= 0.6 is 0 Å². The topological polar surface area (TPSA) is 89.8 Å². The van der Waals surface area contributed by atoms with Crippen molar-refractivity contribution in [2.24, 2.45) is 0 Å². The molecule has 0 aliphatic carbocycles. The lowest BCUT2D eigenvalue weighted by molar-refractivity contribution is 0.0690. The summed E-state index contributed by atoms with van der Waals surface area (Å²) >= 11 is 0. The predicted molar refractivity (Wildman–Crippen MR) is 87.9 cm³/mol. The number of rotatable bonds is 4. The smallest absolute Gasteiger partial charge is 0.355 e. The molecule has 118 valence electrons. The number of ether oxygens (including phenoxy) is 1. The van der Waals surface area contributed by atoms with Crippen LogP contribution in [0, 0.1) is 6.92 Å². The van der Waals surface area contributed by atoms with Crippen LogP contribution in [0.1, 0.15) is 23.0 Å². The van der Waals surface area contributed by atoms with Gasteiger partial charge in [-0.1, -0.05) is 6.07 Å². The third kappa shape index (κ3) is 2.48. The van der Waals surface area contributed by atoms with Crippen molar-refractivity contribution in [2.75, 3.05) is 12.3 Å². The Kier molecular flexibility index (Phi) is 3.65. The molecular formula is C17H17N3O3. The van der Waals surface area contributed by atoms with E-state index in [-0.39, 0.29) is 5.69 Å². The SMILES string of the molecule is CCOc1ccc(-c2nc3c(C)cccn3c2C(=O)O)cc1N. The molecule has 3 aromatic rings. The van der Waals surface area contributed by atoms with E-state index in [1.807, 2.05) is 19.9 Å². The number of imidazole rings is 1. The number of benzene rings is 1. The molecule has 0 aliphatic rings. The number of aromatic carboxylic acids is 1. The van der Waals surface area contributed by atoms with E-state index in [9.17, 15) is 9.90 Å². The van der Waals surface area contributed by atoms with Crippen molar-refractivity contribution < 1.29 is 14.6 Å². The molecule has 0 amide bonds. The molecule has 0 fully saturated rings. The van der Waals surface area contributed by atoms with Crippen LogP contribution in [0.15, 0.2) is 36.5 Å². The van der Waals surface area contributed by atoms with Gasteiger partial charge in [0.2, 0.25) is 0 Å². The first kappa shape index (κ1) is 14.9. The zero-order valence-electron chi connectivity index (χ0n) is 12.9. The molecular weight excluding hydrogens is 294 g/mol. The van der Waals surface area contributed by atoms with E-state index in [1.54, 1.807) is 34.9 Å². The summed E-state index contributed by atoms with van der Waals surface area (Å²) in [7, 11) is 0. The Morgan fingerprint density at radius 1 is 1.39 bits per heavy atom. The molecule has 0 saturated heterocycles. The van der Waals surface area contributed by atoms with Gasteiger partial charge < -0.3 is 15.6 Å². The number of nitrogen functional groups attached to an aromatic ring is 1. The first-order valence-corrected chi connectivity index (χ1v) is 7.26. The number of nitrogens with zero attached hydrogens (tertiary/aromatic N) is 2. The molecule has 23 heavy (non-hydrogen) atoms. The summed E-state index contributed by atoms with van der Waals surface area (Å²) in [4.78, 5) is 16.2. The fraction of sp³-hybridized carbons (Fsp3) is 0.176. The standard InChI is InChI=1S/C17H17N3O3/c1-3-23-13-7-6-11(9-12(13)18)14-15(17(21)22)20-8-4-5-10(2)16(20)19-14/h4-9H,3,18H2,1-2H3,(H,21,22). The Bertz CT molecular complexity index is 899. The molecule has 0 radical (unpaired) electrons. The van der Waals surface area contributed by atoms with Crippen molar-refractivity contribution in [3.05, 3.63) is 47.8 Å². The number of fused-ring (bicyclic) bond motifs is 1. The molecule has 3 rings (SSSR count). The molecule has 1 aromatic carbocycles. The van der Waals surface area contributed by atoms with Crippen LogP contribution in [0.2, 0.25) is 0 Å². The maximum absolute atomic E-state index is 11.7. The van der Waals surface area contributed by atoms with E-state index in [1.165, 1.54) is 0 Å². The van der Waals surface area contributed by atoms with Crippen LogP contribution in [0.3, 0.4) is 0 Å². The van der Waals surface area contributed by atoms with Crippen LogP contribution in [-0.4, -0.2) is 27.1 Å². The molecule has 0 aliphatic heterocycles. The zero-order valence-corrected chi connectivity index (χ0v) is 12.9. The van der Waals surface area contributed by atoms with E-state index >= 15 is 0 Å². The van der Waals surface area contributed by atoms with E-state index < -0.39 is 5.97 Å². The van der Waals surface area contributed by atoms with Crippen molar-refractivity contribution >= 4 is 17.3 Å². The number of aromatic nitrogens is 2. The van der Waals surface area contributed by atoms with Gasteiger partial charge in [-0.15, -0.1) is 0 Å². The van der Waals surface area contributed by atoms with Gasteiger partial charge >= 0.3 is 5.97 Å². The van der Waals surface area contributed by atoms with Crippen molar-refractivity contribution in [1.29, 1.82) is 0 Å². The Morgan fingerprint density at radius 3 is 2.83 bits per heavy atom. The van der Waals surface area contributed by atoms with Crippen molar-refractivity contribution in [2.45, 2.75) is 13.8 Å². The molecule has 3 N–H and O–H groups in total. The van der Waals surface area contributed by atoms with Crippen molar-refractivity contribution in [3.63, 3.8) is 0 Å². The molecule has 0 spiro atoms. The highest BCUT2D eigenvalue weighted by molar-refractivity contribution is 5.95. The minimum absolute atomic E-state index is 0.118. The summed E-state index contributed by atoms with van der Waals surface area (Å²) in [6.07, 6.45) is 1.69. The second-order valence-corrected chi connectivity index (χ2v) is 5.18. The number of anilines is 1. The highest BCUT2D eigenvalue weighted by atomic mass is 16.5. The van der Waals surface area contributed by atoms with Crippen LogP contribution in [-0.2, 0) is 0 Å². The number of carbonyl (C=O) groups is 1. The van der Waals surface area contributed by atoms with Gasteiger partial charge in [0.1, 0.15) is 17.1 Å². The molecule has 2 aromatic heterocycles. The Balaban J connectivity index is 2.23. The van der Waals surface area contributed by atoms with Gasteiger partial charge in [-0.05, 0) is 43.7 Å². The average Bonchev–Trinajstić information content (AvgIpc) is 2.90. The maximum Gasteiger partial charge on any atom is 0.355 e. The molecule has 6 heteroatoms. The monoisotopic (exact) mass is 311 g/mol. The average molecular weight is 311 g/mol. The Morgan fingerprint density at radius 2 is 2.17 bits per heavy atom. The van der Waals surface area contributed by atoms with Gasteiger partial charge in [0.05, 0.1) is 12.3 Å². The third-order valence-corrected chi connectivity index (χ3v) is 3.63. The lowest BCUT2D eigenvalue weighted by atomic mass is 10.1. The lowest BCUT2D eigenvalue weighted by Crippen LogP contribution is -2.04. The number of hydrogen-bond donors (Lipinski definition) is 2.